The number of benzene rings is 2. The van der Waals surface area contributed by atoms with Crippen LogP contribution in [0.4, 0.5) is 5.69 Å². The largest absolute Gasteiger partial charge is 0.321 e. The lowest BCUT2D eigenvalue weighted by Crippen LogP contribution is -2.12. The van der Waals surface area contributed by atoms with Crippen molar-refractivity contribution >= 4 is 11.6 Å². The summed E-state index contributed by atoms with van der Waals surface area (Å²) in [4.78, 5) is 12.2. The van der Waals surface area contributed by atoms with Gasteiger partial charge >= 0.3 is 0 Å². The maximum atomic E-state index is 12.2. The van der Waals surface area contributed by atoms with Gasteiger partial charge in [0.25, 0.3) is 5.91 Å². The topological polar surface area (TPSA) is 59.8 Å². The minimum absolute atomic E-state index is 0.268. The van der Waals surface area contributed by atoms with E-state index in [1.165, 1.54) is 5.56 Å². The first-order chi connectivity index (χ1) is 10.8. The van der Waals surface area contributed by atoms with Crippen molar-refractivity contribution in [1.29, 1.82) is 0 Å². The molecule has 2 aromatic carbocycles. The molecule has 0 unspecified atom stereocenters. The third-order valence-corrected chi connectivity index (χ3v) is 3.34. The van der Waals surface area contributed by atoms with Gasteiger partial charge in [-0.25, -0.2) is 4.68 Å². The summed E-state index contributed by atoms with van der Waals surface area (Å²) in [5.41, 5.74) is 3.08. The van der Waals surface area contributed by atoms with Crippen LogP contribution in [0.3, 0.4) is 0 Å². The first-order valence-corrected chi connectivity index (χ1v) is 7.14. The number of para-hydroxylation sites is 1. The predicted molar refractivity (Wildman–Crippen MR) is 85.1 cm³/mol. The summed E-state index contributed by atoms with van der Waals surface area (Å²) in [7, 11) is 0. The molecule has 0 radical (unpaired) electrons. The summed E-state index contributed by atoms with van der Waals surface area (Å²) >= 11 is 0. The second-order valence-electron chi connectivity index (χ2n) is 4.89. The van der Waals surface area contributed by atoms with Crippen LogP contribution in [0.5, 0.6) is 0 Å². The number of nitrogens with one attached hydrogen (secondary N) is 1. The molecule has 1 amide bonds. The van der Waals surface area contributed by atoms with Gasteiger partial charge in [0.05, 0.1) is 11.9 Å². The number of rotatable bonds is 4. The Morgan fingerprint density at radius 1 is 1.14 bits per heavy atom. The average molecular weight is 292 g/mol. The molecule has 3 rings (SSSR count). The van der Waals surface area contributed by atoms with Gasteiger partial charge in [-0.2, -0.15) is 0 Å². The van der Waals surface area contributed by atoms with Gasteiger partial charge in [-0.15, -0.1) is 5.10 Å². The number of aryl methyl sites for hydroxylation is 1. The molecule has 1 N–H and O–H groups in total. The summed E-state index contributed by atoms with van der Waals surface area (Å²) in [6.45, 7) is 2.08. The number of hydrogen-bond acceptors (Lipinski definition) is 3. The van der Waals surface area contributed by atoms with Gasteiger partial charge in [0.15, 0.2) is 5.69 Å². The fourth-order valence-corrected chi connectivity index (χ4v) is 2.14. The normalized spacial score (nSPS) is 10.4. The Morgan fingerprint density at radius 2 is 1.95 bits per heavy atom. The molecule has 0 saturated heterocycles. The van der Waals surface area contributed by atoms with Crippen LogP contribution in [-0.2, 0) is 6.42 Å². The molecule has 0 atom stereocenters. The molecule has 0 bridgehead atoms. The lowest BCUT2D eigenvalue weighted by molar-refractivity contribution is 0.102. The Morgan fingerprint density at radius 3 is 2.73 bits per heavy atom. The van der Waals surface area contributed by atoms with Crippen molar-refractivity contribution in [2.75, 3.05) is 5.32 Å². The Bertz CT molecular complexity index is 780. The first-order valence-electron chi connectivity index (χ1n) is 7.14. The van der Waals surface area contributed by atoms with Crippen molar-refractivity contribution < 1.29 is 4.79 Å². The van der Waals surface area contributed by atoms with Crippen molar-refractivity contribution in [3.05, 3.63) is 72.1 Å². The highest BCUT2D eigenvalue weighted by atomic mass is 16.2. The van der Waals surface area contributed by atoms with Crippen LogP contribution in [0.25, 0.3) is 5.69 Å². The van der Waals surface area contributed by atoms with Crippen molar-refractivity contribution in [1.82, 2.24) is 15.0 Å². The standard InChI is InChI=1S/C17H16N4O/c1-2-13-7-6-8-14(11-13)18-17(22)16-12-21(20-19-16)15-9-4-3-5-10-15/h3-12H,2H2,1H3,(H,18,22). The van der Waals surface area contributed by atoms with Gasteiger partial charge in [-0.05, 0) is 36.2 Å². The fraction of sp³-hybridized carbons (Fsp3) is 0.118. The van der Waals surface area contributed by atoms with Crippen molar-refractivity contribution in [3.63, 3.8) is 0 Å². The quantitative estimate of drug-likeness (QED) is 0.804. The Kier molecular flexibility index (Phi) is 3.96. The highest BCUT2D eigenvalue weighted by Crippen LogP contribution is 2.12. The van der Waals surface area contributed by atoms with E-state index in [1.807, 2.05) is 54.6 Å². The van der Waals surface area contributed by atoms with Gasteiger partial charge in [-0.1, -0.05) is 42.5 Å². The van der Waals surface area contributed by atoms with Crippen molar-refractivity contribution in [3.8, 4) is 5.69 Å². The third-order valence-electron chi connectivity index (χ3n) is 3.34. The Balaban J connectivity index is 1.77. The number of nitrogens with zero attached hydrogens (tertiary/aromatic N) is 3. The molecular weight excluding hydrogens is 276 g/mol. The lowest BCUT2D eigenvalue weighted by atomic mass is 10.1. The zero-order valence-corrected chi connectivity index (χ0v) is 12.2. The number of carbonyl (C=O) groups is 1. The SMILES string of the molecule is CCc1cccc(NC(=O)c2cn(-c3ccccc3)nn2)c1. The molecule has 5 heteroatoms. The minimum atomic E-state index is -0.268. The van der Waals surface area contributed by atoms with E-state index < -0.39 is 0 Å². The molecule has 3 aromatic rings. The molecule has 110 valence electrons. The molecule has 0 aliphatic heterocycles. The summed E-state index contributed by atoms with van der Waals surface area (Å²) < 4.78 is 1.58. The fourth-order valence-electron chi connectivity index (χ4n) is 2.14. The maximum absolute atomic E-state index is 12.2. The first kappa shape index (κ1) is 14.0. The molecule has 1 aromatic heterocycles. The maximum Gasteiger partial charge on any atom is 0.277 e. The van der Waals surface area contributed by atoms with E-state index in [9.17, 15) is 4.79 Å². The minimum Gasteiger partial charge on any atom is -0.321 e. The van der Waals surface area contributed by atoms with Crippen LogP contribution in [0.1, 0.15) is 23.0 Å². The Hall–Kier alpha value is -2.95. The van der Waals surface area contributed by atoms with Gasteiger partial charge < -0.3 is 5.32 Å². The predicted octanol–water partition coefficient (Wildman–Crippen LogP) is 3.08. The van der Waals surface area contributed by atoms with Crippen molar-refractivity contribution in [2.24, 2.45) is 0 Å². The second kappa shape index (κ2) is 6.22. The van der Waals surface area contributed by atoms with Gasteiger partial charge in [-0.3, -0.25) is 4.79 Å². The van der Waals surface area contributed by atoms with Crippen LogP contribution >= 0.6 is 0 Å². The van der Waals surface area contributed by atoms with Crippen LogP contribution in [0.15, 0.2) is 60.8 Å². The van der Waals surface area contributed by atoms with Crippen LogP contribution in [0.2, 0.25) is 0 Å². The number of aromatic nitrogens is 3. The molecule has 5 nitrogen and oxygen atoms in total. The zero-order chi connectivity index (χ0) is 15.4. The third kappa shape index (κ3) is 3.03. The summed E-state index contributed by atoms with van der Waals surface area (Å²) in [5, 5.41) is 10.8. The van der Waals surface area contributed by atoms with E-state index in [1.54, 1.807) is 10.9 Å². The van der Waals surface area contributed by atoms with Gasteiger partial charge in [0, 0.05) is 5.69 Å². The highest BCUT2D eigenvalue weighted by molar-refractivity contribution is 6.02. The summed E-state index contributed by atoms with van der Waals surface area (Å²) in [5.74, 6) is -0.268. The van der Waals surface area contributed by atoms with E-state index in [2.05, 4.69) is 22.6 Å². The molecule has 0 spiro atoms. The van der Waals surface area contributed by atoms with Crippen LogP contribution in [-0.4, -0.2) is 20.9 Å². The number of hydrogen-bond donors (Lipinski definition) is 1. The highest BCUT2D eigenvalue weighted by Gasteiger charge is 2.11. The molecule has 22 heavy (non-hydrogen) atoms. The molecule has 0 fully saturated rings. The molecule has 0 aliphatic carbocycles. The molecule has 0 aliphatic rings. The molecular formula is C17H16N4O. The van der Waals surface area contributed by atoms with Crippen molar-refractivity contribution in [2.45, 2.75) is 13.3 Å². The van der Waals surface area contributed by atoms with E-state index in [-0.39, 0.29) is 11.6 Å². The van der Waals surface area contributed by atoms with E-state index in [0.29, 0.717) is 0 Å². The van der Waals surface area contributed by atoms with Crippen LogP contribution in [0, 0.1) is 0 Å². The summed E-state index contributed by atoms with van der Waals surface area (Å²) in [6, 6.07) is 17.3. The second-order valence-corrected chi connectivity index (χ2v) is 4.89. The summed E-state index contributed by atoms with van der Waals surface area (Å²) in [6.07, 6.45) is 2.54. The molecule has 0 saturated carbocycles. The number of anilines is 1. The number of carbonyl (C=O) groups excluding carboxylic acids is 1. The monoisotopic (exact) mass is 292 g/mol. The Labute approximate surface area is 128 Å². The van der Waals surface area contributed by atoms with E-state index in [4.69, 9.17) is 0 Å². The lowest BCUT2D eigenvalue weighted by Gasteiger charge is -2.04. The average Bonchev–Trinajstić information content (AvgIpc) is 3.06. The van der Waals surface area contributed by atoms with Crippen LogP contribution < -0.4 is 5.32 Å². The zero-order valence-electron chi connectivity index (χ0n) is 12.2. The molecule has 1 heterocycles. The van der Waals surface area contributed by atoms with E-state index in [0.717, 1.165) is 17.8 Å². The van der Waals surface area contributed by atoms with Gasteiger partial charge in [0.2, 0.25) is 0 Å². The smallest absolute Gasteiger partial charge is 0.277 e. The van der Waals surface area contributed by atoms with Gasteiger partial charge in [0.1, 0.15) is 0 Å². The van der Waals surface area contributed by atoms with E-state index >= 15 is 0 Å². The number of amides is 1.